The Hall–Kier alpha value is -2.33. The zero-order valence-corrected chi connectivity index (χ0v) is 10.6. The van der Waals surface area contributed by atoms with Crippen LogP contribution in [0.5, 0.6) is 5.75 Å². The fourth-order valence-corrected chi connectivity index (χ4v) is 1.98. The fraction of sp³-hybridized carbons (Fsp3) is 0.125. The summed E-state index contributed by atoms with van der Waals surface area (Å²) in [5, 5.41) is 10.9. The highest BCUT2D eigenvalue weighted by atomic mass is 19.1. The highest BCUT2D eigenvalue weighted by Crippen LogP contribution is 2.25. The first-order valence-corrected chi connectivity index (χ1v) is 6.28. The molecule has 1 unspecified atom stereocenters. The van der Waals surface area contributed by atoms with Gasteiger partial charge in [-0.1, -0.05) is 30.3 Å². The molecule has 3 nitrogen and oxygen atoms in total. The molecule has 0 aliphatic carbocycles. The van der Waals surface area contributed by atoms with Gasteiger partial charge in [0, 0.05) is 5.39 Å². The Morgan fingerprint density at radius 1 is 1.10 bits per heavy atom. The first-order chi connectivity index (χ1) is 9.74. The Morgan fingerprint density at radius 3 is 2.65 bits per heavy atom. The standard InChI is InChI=1S/C16H13FO3/c17-12-6-2-4-8-15(12)19-10-13(18)16-9-11-5-1-3-7-14(11)20-16/h1-9,13,18H,10H2. The number of hydrogen-bond acceptors (Lipinski definition) is 3. The lowest BCUT2D eigenvalue weighted by atomic mass is 10.2. The van der Waals surface area contributed by atoms with Crippen molar-refractivity contribution in [2.24, 2.45) is 0 Å². The molecule has 1 N–H and O–H groups in total. The summed E-state index contributed by atoms with van der Waals surface area (Å²) in [5.41, 5.74) is 0.701. The highest BCUT2D eigenvalue weighted by molar-refractivity contribution is 5.77. The molecule has 0 radical (unpaired) electrons. The van der Waals surface area contributed by atoms with Gasteiger partial charge in [-0.25, -0.2) is 4.39 Å². The summed E-state index contributed by atoms with van der Waals surface area (Å²) in [6.45, 7) is -0.0687. The third kappa shape index (κ3) is 2.51. The molecule has 0 aliphatic heterocycles. The van der Waals surface area contributed by atoms with E-state index in [1.165, 1.54) is 12.1 Å². The van der Waals surface area contributed by atoms with Gasteiger partial charge < -0.3 is 14.3 Å². The molecule has 2 aromatic carbocycles. The molecule has 1 atom stereocenters. The molecule has 102 valence electrons. The summed E-state index contributed by atoms with van der Waals surface area (Å²) in [7, 11) is 0. The molecule has 1 heterocycles. The van der Waals surface area contributed by atoms with Gasteiger partial charge in [-0.15, -0.1) is 0 Å². The van der Waals surface area contributed by atoms with Crippen LogP contribution in [0.15, 0.2) is 59.0 Å². The number of rotatable bonds is 4. The van der Waals surface area contributed by atoms with E-state index < -0.39 is 11.9 Å². The lowest BCUT2D eigenvalue weighted by Gasteiger charge is -2.10. The Balaban J connectivity index is 1.73. The van der Waals surface area contributed by atoms with Crippen LogP contribution in [0.4, 0.5) is 4.39 Å². The molecule has 4 heteroatoms. The monoisotopic (exact) mass is 272 g/mol. The van der Waals surface area contributed by atoms with Crippen LogP contribution in [0.25, 0.3) is 11.0 Å². The second-order valence-corrected chi connectivity index (χ2v) is 4.44. The normalized spacial score (nSPS) is 12.5. The predicted octanol–water partition coefficient (Wildman–Crippen LogP) is 3.68. The molecule has 0 bridgehead atoms. The van der Waals surface area contributed by atoms with Crippen LogP contribution < -0.4 is 4.74 Å². The molecule has 0 spiro atoms. The lowest BCUT2D eigenvalue weighted by molar-refractivity contribution is 0.0883. The van der Waals surface area contributed by atoms with E-state index in [-0.39, 0.29) is 12.4 Å². The maximum Gasteiger partial charge on any atom is 0.165 e. The van der Waals surface area contributed by atoms with Crippen molar-refractivity contribution in [3.63, 3.8) is 0 Å². The van der Waals surface area contributed by atoms with Crippen molar-refractivity contribution in [3.05, 3.63) is 66.2 Å². The third-order valence-electron chi connectivity index (χ3n) is 3.01. The maximum atomic E-state index is 13.4. The SMILES string of the molecule is OC(COc1ccccc1F)c1cc2ccccc2o1. The summed E-state index contributed by atoms with van der Waals surface area (Å²) in [6, 6.07) is 15.3. The Kier molecular flexibility index (Phi) is 3.39. The lowest BCUT2D eigenvalue weighted by Crippen LogP contribution is -2.09. The highest BCUT2D eigenvalue weighted by Gasteiger charge is 2.15. The number of para-hydroxylation sites is 2. The van der Waals surface area contributed by atoms with Gasteiger partial charge in [-0.05, 0) is 24.3 Å². The maximum absolute atomic E-state index is 13.4. The molecule has 20 heavy (non-hydrogen) atoms. The van der Waals surface area contributed by atoms with E-state index in [1.54, 1.807) is 18.2 Å². The van der Waals surface area contributed by atoms with E-state index in [9.17, 15) is 9.50 Å². The van der Waals surface area contributed by atoms with Gasteiger partial charge in [0.15, 0.2) is 11.6 Å². The molecule has 0 fully saturated rings. The van der Waals surface area contributed by atoms with Crippen LogP contribution in [-0.2, 0) is 0 Å². The van der Waals surface area contributed by atoms with Gasteiger partial charge in [-0.2, -0.15) is 0 Å². The minimum atomic E-state index is -0.943. The van der Waals surface area contributed by atoms with Gasteiger partial charge >= 0.3 is 0 Å². The topological polar surface area (TPSA) is 42.6 Å². The molecular formula is C16H13FO3. The Bertz CT molecular complexity index is 687. The average Bonchev–Trinajstić information content (AvgIpc) is 2.90. The van der Waals surface area contributed by atoms with Crippen LogP contribution in [0.1, 0.15) is 11.9 Å². The van der Waals surface area contributed by atoms with Crippen LogP contribution in [0.2, 0.25) is 0 Å². The van der Waals surface area contributed by atoms with Crippen molar-refractivity contribution in [1.82, 2.24) is 0 Å². The Morgan fingerprint density at radius 2 is 1.85 bits per heavy atom. The number of hydrogen-bond donors (Lipinski definition) is 1. The molecular weight excluding hydrogens is 259 g/mol. The summed E-state index contributed by atoms with van der Waals surface area (Å²) in [5.74, 6) is 0.0644. The van der Waals surface area contributed by atoms with Gasteiger partial charge in [-0.3, -0.25) is 0 Å². The largest absolute Gasteiger partial charge is 0.487 e. The molecule has 1 aromatic heterocycles. The molecule has 0 aliphatic rings. The summed E-state index contributed by atoms with van der Waals surface area (Å²) >= 11 is 0. The first kappa shape index (κ1) is 12.7. The van der Waals surface area contributed by atoms with Crippen molar-refractivity contribution in [3.8, 4) is 5.75 Å². The average molecular weight is 272 g/mol. The van der Waals surface area contributed by atoms with E-state index in [0.717, 1.165) is 5.39 Å². The second-order valence-electron chi connectivity index (χ2n) is 4.44. The van der Waals surface area contributed by atoms with Gasteiger partial charge in [0.05, 0.1) is 0 Å². The summed E-state index contributed by atoms with van der Waals surface area (Å²) in [4.78, 5) is 0. The molecule has 0 saturated carbocycles. The minimum Gasteiger partial charge on any atom is -0.487 e. The number of ether oxygens (including phenoxy) is 1. The number of halogens is 1. The van der Waals surface area contributed by atoms with E-state index in [4.69, 9.17) is 9.15 Å². The van der Waals surface area contributed by atoms with Gasteiger partial charge in [0.2, 0.25) is 0 Å². The van der Waals surface area contributed by atoms with E-state index in [2.05, 4.69) is 0 Å². The van der Waals surface area contributed by atoms with Gasteiger partial charge in [0.25, 0.3) is 0 Å². The van der Waals surface area contributed by atoms with Crippen molar-refractivity contribution in [1.29, 1.82) is 0 Å². The van der Waals surface area contributed by atoms with Crippen molar-refractivity contribution in [2.75, 3.05) is 6.61 Å². The molecule has 3 rings (SSSR count). The molecule has 0 saturated heterocycles. The van der Waals surface area contributed by atoms with Crippen LogP contribution in [0.3, 0.4) is 0 Å². The van der Waals surface area contributed by atoms with E-state index in [1.807, 2.05) is 24.3 Å². The number of aliphatic hydroxyl groups excluding tert-OH is 1. The van der Waals surface area contributed by atoms with Crippen molar-refractivity contribution < 1.29 is 18.7 Å². The zero-order chi connectivity index (χ0) is 13.9. The summed E-state index contributed by atoms with van der Waals surface area (Å²) in [6.07, 6.45) is -0.943. The first-order valence-electron chi connectivity index (χ1n) is 6.28. The number of furan rings is 1. The summed E-state index contributed by atoms with van der Waals surface area (Å²) < 4.78 is 24.2. The smallest absolute Gasteiger partial charge is 0.165 e. The minimum absolute atomic E-state index is 0.0687. The third-order valence-corrected chi connectivity index (χ3v) is 3.01. The van der Waals surface area contributed by atoms with Gasteiger partial charge in [0.1, 0.15) is 24.1 Å². The zero-order valence-electron chi connectivity index (χ0n) is 10.6. The van der Waals surface area contributed by atoms with Crippen molar-refractivity contribution >= 4 is 11.0 Å². The Labute approximate surface area is 115 Å². The second kappa shape index (κ2) is 5.35. The predicted molar refractivity (Wildman–Crippen MR) is 73.1 cm³/mol. The van der Waals surface area contributed by atoms with Crippen LogP contribution in [0, 0.1) is 5.82 Å². The molecule has 3 aromatic rings. The fourth-order valence-electron chi connectivity index (χ4n) is 1.98. The quantitative estimate of drug-likeness (QED) is 0.787. The molecule has 0 amide bonds. The van der Waals surface area contributed by atoms with Crippen molar-refractivity contribution in [2.45, 2.75) is 6.10 Å². The van der Waals surface area contributed by atoms with Crippen LogP contribution >= 0.6 is 0 Å². The number of aliphatic hydroxyl groups is 1. The van der Waals surface area contributed by atoms with Crippen LogP contribution in [-0.4, -0.2) is 11.7 Å². The number of fused-ring (bicyclic) bond motifs is 1. The van der Waals surface area contributed by atoms with E-state index >= 15 is 0 Å². The van der Waals surface area contributed by atoms with E-state index in [0.29, 0.717) is 11.3 Å². The number of benzene rings is 2.